The second-order valence-electron chi connectivity index (χ2n) is 2.54. The molecule has 0 amide bonds. The standard InChI is InChI=1S/C8H4Br2N2OS/c9-4-1-6(14-3-4)7-11-2-5(10)8(13)12-7/h1-3H,(H,11,12,13). The summed E-state index contributed by atoms with van der Waals surface area (Å²) in [5, 5.41) is 1.94. The van der Waals surface area contributed by atoms with Crippen LogP contribution in [-0.2, 0) is 0 Å². The van der Waals surface area contributed by atoms with Gasteiger partial charge in [0.1, 0.15) is 10.3 Å². The number of thiophene rings is 1. The smallest absolute Gasteiger partial charge is 0.265 e. The molecule has 0 aliphatic heterocycles. The lowest BCUT2D eigenvalue weighted by Gasteiger charge is -1.95. The van der Waals surface area contributed by atoms with E-state index in [1.54, 1.807) is 0 Å². The molecule has 0 unspecified atom stereocenters. The number of nitrogens with zero attached hydrogens (tertiary/aromatic N) is 1. The van der Waals surface area contributed by atoms with Crippen LogP contribution in [0, 0.1) is 0 Å². The Morgan fingerprint density at radius 1 is 1.43 bits per heavy atom. The van der Waals surface area contributed by atoms with Crippen molar-refractivity contribution >= 4 is 43.2 Å². The average molecular weight is 336 g/mol. The highest BCUT2D eigenvalue weighted by atomic mass is 79.9. The number of H-pyrrole nitrogens is 1. The van der Waals surface area contributed by atoms with Gasteiger partial charge >= 0.3 is 0 Å². The van der Waals surface area contributed by atoms with E-state index in [2.05, 4.69) is 41.8 Å². The van der Waals surface area contributed by atoms with E-state index in [0.717, 1.165) is 9.35 Å². The van der Waals surface area contributed by atoms with Gasteiger partial charge < -0.3 is 4.98 Å². The van der Waals surface area contributed by atoms with E-state index in [-0.39, 0.29) is 5.56 Å². The largest absolute Gasteiger partial charge is 0.305 e. The van der Waals surface area contributed by atoms with Crippen molar-refractivity contribution in [3.63, 3.8) is 0 Å². The Hall–Kier alpha value is -0.460. The Morgan fingerprint density at radius 2 is 2.21 bits per heavy atom. The molecule has 1 N–H and O–H groups in total. The number of hydrogen-bond acceptors (Lipinski definition) is 3. The van der Waals surface area contributed by atoms with E-state index < -0.39 is 0 Å². The maximum atomic E-state index is 11.3. The van der Waals surface area contributed by atoms with Crippen LogP contribution in [0.4, 0.5) is 0 Å². The summed E-state index contributed by atoms with van der Waals surface area (Å²) in [7, 11) is 0. The summed E-state index contributed by atoms with van der Waals surface area (Å²) in [5.41, 5.74) is -0.167. The zero-order chi connectivity index (χ0) is 10.1. The molecular formula is C8H4Br2N2OS. The topological polar surface area (TPSA) is 45.8 Å². The number of nitrogens with one attached hydrogen (secondary N) is 1. The fraction of sp³-hybridized carbons (Fsp3) is 0. The number of hydrogen-bond donors (Lipinski definition) is 1. The second kappa shape index (κ2) is 3.96. The van der Waals surface area contributed by atoms with Crippen molar-refractivity contribution in [2.45, 2.75) is 0 Å². The van der Waals surface area contributed by atoms with Gasteiger partial charge in [-0.1, -0.05) is 0 Å². The minimum atomic E-state index is -0.167. The van der Waals surface area contributed by atoms with Crippen LogP contribution in [0.1, 0.15) is 0 Å². The lowest BCUT2D eigenvalue weighted by Crippen LogP contribution is -2.08. The quantitative estimate of drug-likeness (QED) is 0.870. The van der Waals surface area contributed by atoms with Crippen LogP contribution < -0.4 is 5.56 Å². The van der Waals surface area contributed by atoms with E-state index in [9.17, 15) is 4.79 Å². The van der Waals surface area contributed by atoms with Crippen molar-refractivity contribution in [1.29, 1.82) is 0 Å². The van der Waals surface area contributed by atoms with Crippen molar-refractivity contribution < 1.29 is 0 Å². The minimum Gasteiger partial charge on any atom is -0.305 e. The monoisotopic (exact) mass is 334 g/mol. The third-order valence-corrected chi connectivity index (χ3v) is 3.82. The van der Waals surface area contributed by atoms with Crippen molar-refractivity contribution in [2.24, 2.45) is 0 Å². The van der Waals surface area contributed by atoms with Crippen LogP contribution in [-0.4, -0.2) is 9.97 Å². The van der Waals surface area contributed by atoms with Gasteiger partial charge in [-0.2, -0.15) is 0 Å². The molecule has 0 aromatic carbocycles. The fourth-order valence-electron chi connectivity index (χ4n) is 0.942. The highest BCUT2D eigenvalue weighted by Crippen LogP contribution is 2.26. The van der Waals surface area contributed by atoms with E-state index >= 15 is 0 Å². The third-order valence-electron chi connectivity index (χ3n) is 1.56. The molecule has 72 valence electrons. The van der Waals surface area contributed by atoms with Crippen LogP contribution in [0.5, 0.6) is 0 Å². The molecule has 0 saturated carbocycles. The van der Waals surface area contributed by atoms with Crippen molar-refractivity contribution in [2.75, 3.05) is 0 Å². The summed E-state index contributed by atoms with van der Waals surface area (Å²) in [6, 6.07) is 1.91. The predicted molar refractivity (Wildman–Crippen MR) is 63.6 cm³/mol. The first-order chi connectivity index (χ1) is 6.66. The van der Waals surface area contributed by atoms with Gasteiger partial charge in [-0.25, -0.2) is 4.98 Å². The van der Waals surface area contributed by atoms with Crippen LogP contribution >= 0.6 is 43.2 Å². The Balaban J connectivity index is 2.53. The summed E-state index contributed by atoms with van der Waals surface area (Å²) in [6.07, 6.45) is 1.50. The van der Waals surface area contributed by atoms with Crippen molar-refractivity contribution in [3.05, 3.63) is 36.9 Å². The first-order valence-electron chi connectivity index (χ1n) is 3.66. The van der Waals surface area contributed by atoms with Gasteiger partial charge in [0, 0.05) is 16.0 Å². The van der Waals surface area contributed by atoms with Gasteiger partial charge in [0.25, 0.3) is 5.56 Å². The molecule has 0 spiro atoms. The molecule has 2 aromatic heterocycles. The molecule has 2 rings (SSSR count). The Labute approximate surface area is 100 Å². The van der Waals surface area contributed by atoms with Crippen LogP contribution in [0.3, 0.4) is 0 Å². The Bertz CT molecular complexity index is 520. The molecule has 0 aliphatic rings. The molecule has 14 heavy (non-hydrogen) atoms. The third kappa shape index (κ3) is 1.97. The molecule has 0 aliphatic carbocycles. The lowest BCUT2D eigenvalue weighted by molar-refractivity contribution is 1.12. The highest BCUT2D eigenvalue weighted by Gasteiger charge is 2.04. The summed E-state index contributed by atoms with van der Waals surface area (Å²) in [5.74, 6) is 0.592. The maximum absolute atomic E-state index is 11.3. The minimum absolute atomic E-state index is 0.167. The molecule has 0 saturated heterocycles. The number of aromatic nitrogens is 2. The highest BCUT2D eigenvalue weighted by molar-refractivity contribution is 9.10. The number of halogens is 2. The molecule has 0 atom stereocenters. The van der Waals surface area contributed by atoms with E-state index in [0.29, 0.717) is 10.3 Å². The molecule has 0 fully saturated rings. The fourth-order valence-corrected chi connectivity index (χ4v) is 2.52. The van der Waals surface area contributed by atoms with Crippen LogP contribution in [0.15, 0.2) is 31.4 Å². The number of rotatable bonds is 1. The van der Waals surface area contributed by atoms with E-state index in [1.165, 1.54) is 17.5 Å². The summed E-state index contributed by atoms with van der Waals surface area (Å²) in [4.78, 5) is 19.0. The number of aromatic amines is 1. The lowest BCUT2D eigenvalue weighted by atomic mass is 10.4. The molecular weight excluding hydrogens is 332 g/mol. The molecule has 0 radical (unpaired) electrons. The van der Waals surface area contributed by atoms with Gasteiger partial charge in [-0.3, -0.25) is 4.79 Å². The predicted octanol–water partition coefficient (Wildman–Crippen LogP) is 3.02. The summed E-state index contributed by atoms with van der Waals surface area (Å²) >= 11 is 7.96. The van der Waals surface area contributed by atoms with Gasteiger partial charge in [0.15, 0.2) is 0 Å². The zero-order valence-electron chi connectivity index (χ0n) is 6.75. The SMILES string of the molecule is O=c1[nH]c(-c2cc(Br)cs2)ncc1Br. The molecule has 6 heteroatoms. The summed E-state index contributed by atoms with van der Waals surface area (Å²) < 4.78 is 1.43. The normalized spacial score (nSPS) is 10.4. The van der Waals surface area contributed by atoms with Crippen molar-refractivity contribution in [1.82, 2.24) is 9.97 Å². The first-order valence-corrected chi connectivity index (χ1v) is 6.12. The zero-order valence-corrected chi connectivity index (χ0v) is 10.7. The van der Waals surface area contributed by atoms with E-state index in [4.69, 9.17) is 0 Å². The second-order valence-corrected chi connectivity index (χ2v) is 5.22. The Kier molecular flexibility index (Phi) is 2.85. The van der Waals surface area contributed by atoms with Crippen LogP contribution in [0.2, 0.25) is 0 Å². The van der Waals surface area contributed by atoms with Gasteiger partial charge in [-0.15, -0.1) is 11.3 Å². The van der Waals surface area contributed by atoms with Gasteiger partial charge in [0.2, 0.25) is 0 Å². The molecule has 0 bridgehead atoms. The summed E-state index contributed by atoms with van der Waals surface area (Å²) in [6.45, 7) is 0. The Morgan fingerprint density at radius 3 is 2.79 bits per heavy atom. The molecule has 3 nitrogen and oxygen atoms in total. The average Bonchev–Trinajstić information content (AvgIpc) is 2.57. The first kappa shape index (κ1) is 10.1. The van der Waals surface area contributed by atoms with Gasteiger partial charge in [0.05, 0.1) is 4.88 Å². The van der Waals surface area contributed by atoms with Crippen molar-refractivity contribution in [3.8, 4) is 10.7 Å². The molecule has 2 aromatic rings. The maximum Gasteiger partial charge on any atom is 0.265 e. The van der Waals surface area contributed by atoms with Crippen LogP contribution in [0.25, 0.3) is 10.7 Å². The van der Waals surface area contributed by atoms with Gasteiger partial charge in [-0.05, 0) is 37.9 Å². The molecule has 2 heterocycles. The van der Waals surface area contributed by atoms with E-state index in [1.807, 2.05) is 11.4 Å².